The Kier molecular flexibility index (Phi) is 6.91. The van der Waals surface area contributed by atoms with E-state index in [0.717, 1.165) is 13.0 Å². The number of hydrogen-bond donors (Lipinski definition) is 2. The topological polar surface area (TPSA) is 89.6 Å². The van der Waals surface area contributed by atoms with Gasteiger partial charge in [-0.3, -0.25) is 4.79 Å². The Balaban J connectivity index is 2.01. The van der Waals surface area contributed by atoms with Crippen LogP contribution in [0.15, 0.2) is 42.6 Å². The van der Waals surface area contributed by atoms with Crippen molar-refractivity contribution in [3.05, 3.63) is 53.7 Å². The Hall–Kier alpha value is -2.93. The average molecular weight is 343 g/mol. The second-order valence-electron chi connectivity index (χ2n) is 5.20. The van der Waals surface area contributed by atoms with Crippen LogP contribution in [-0.2, 0) is 9.47 Å². The first-order chi connectivity index (χ1) is 12.2. The molecular weight excluding hydrogens is 322 g/mol. The van der Waals surface area contributed by atoms with Crippen molar-refractivity contribution in [2.45, 2.75) is 6.42 Å². The second-order valence-corrected chi connectivity index (χ2v) is 5.20. The van der Waals surface area contributed by atoms with Crippen LogP contribution in [-0.4, -0.2) is 44.2 Å². The van der Waals surface area contributed by atoms with E-state index in [1.807, 2.05) is 0 Å². The summed E-state index contributed by atoms with van der Waals surface area (Å²) in [6.07, 6.45) is 2.35. The van der Waals surface area contributed by atoms with Crippen molar-refractivity contribution in [2.75, 3.05) is 38.0 Å². The third-order valence-electron chi connectivity index (χ3n) is 3.44. The highest BCUT2D eigenvalue weighted by molar-refractivity contribution is 6.07. The highest BCUT2D eigenvalue weighted by atomic mass is 16.5. The normalized spacial score (nSPS) is 10.2. The van der Waals surface area contributed by atoms with Gasteiger partial charge in [0.15, 0.2) is 0 Å². The van der Waals surface area contributed by atoms with E-state index in [1.54, 1.807) is 43.5 Å². The number of anilines is 2. The van der Waals surface area contributed by atoms with Gasteiger partial charge >= 0.3 is 5.97 Å². The minimum absolute atomic E-state index is 0.294. The molecule has 0 spiro atoms. The van der Waals surface area contributed by atoms with Crippen molar-refractivity contribution in [3.8, 4) is 0 Å². The molecule has 0 fully saturated rings. The van der Waals surface area contributed by atoms with Crippen molar-refractivity contribution >= 4 is 23.4 Å². The molecule has 2 aromatic rings. The Morgan fingerprint density at radius 3 is 2.60 bits per heavy atom. The quantitative estimate of drug-likeness (QED) is 0.566. The van der Waals surface area contributed by atoms with Gasteiger partial charge in [0.05, 0.1) is 23.9 Å². The van der Waals surface area contributed by atoms with Crippen LogP contribution in [0, 0.1) is 0 Å². The lowest BCUT2D eigenvalue weighted by atomic mass is 10.1. The highest BCUT2D eigenvalue weighted by Gasteiger charge is 2.14. The van der Waals surface area contributed by atoms with E-state index < -0.39 is 5.97 Å². The Labute approximate surface area is 146 Å². The molecule has 7 nitrogen and oxygen atoms in total. The lowest BCUT2D eigenvalue weighted by Gasteiger charge is -2.10. The van der Waals surface area contributed by atoms with Gasteiger partial charge in [-0.1, -0.05) is 12.1 Å². The predicted molar refractivity (Wildman–Crippen MR) is 95.0 cm³/mol. The number of rotatable bonds is 8. The second kappa shape index (κ2) is 9.39. The minimum Gasteiger partial charge on any atom is -0.465 e. The zero-order valence-electron chi connectivity index (χ0n) is 14.2. The summed E-state index contributed by atoms with van der Waals surface area (Å²) in [6.45, 7) is 1.41. The zero-order chi connectivity index (χ0) is 18.1. The number of para-hydroxylation sites is 1. The van der Waals surface area contributed by atoms with Crippen LogP contribution in [0.1, 0.15) is 27.1 Å². The van der Waals surface area contributed by atoms with Gasteiger partial charge < -0.3 is 20.1 Å². The number of nitrogens with one attached hydrogen (secondary N) is 2. The molecule has 0 aliphatic rings. The number of hydrogen-bond acceptors (Lipinski definition) is 6. The molecule has 0 radical (unpaired) electrons. The molecule has 0 atom stereocenters. The molecular formula is C18H21N3O4. The number of pyridine rings is 1. The van der Waals surface area contributed by atoms with Crippen molar-refractivity contribution in [1.82, 2.24) is 4.98 Å². The first-order valence-corrected chi connectivity index (χ1v) is 7.83. The first-order valence-electron chi connectivity index (χ1n) is 7.83. The maximum Gasteiger partial charge on any atom is 0.339 e. The third-order valence-corrected chi connectivity index (χ3v) is 3.44. The molecule has 0 aliphatic carbocycles. The lowest BCUT2D eigenvalue weighted by Crippen LogP contribution is -2.16. The largest absolute Gasteiger partial charge is 0.465 e. The Morgan fingerprint density at radius 2 is 1.92 bits per heavy atom. The van der Waals surface area contributed by atoms with Gasteiger partial charge in [-0.15, -0.1) is 0 Å². The summed E-state index contributed by atoms with van der Waals surface area (Å²) in [6, 6.07) is 10.1. The molecule has 1 amide bonds. The molecule has 0 unspecified atom stereocenters. The number of ether oxygens (including phenoxy) is 2. The summed E-state index contributed by atoms with van der Waals surface area (Å²) in [5.41, 5.74) is 1.07. The van der Waals surface area contributed by atoms with Gasteiger partial charge in [0.2, 0.25) is 0 Å². The predicted octanol–water partition coefficient (Wildman–Crippen LogP) is 2.57. The SMILES string of the molecule is COCCCNc1ccc(C(=O)Nc2ccccc2C(=O)OC)cn1. The van der Waals surface area contributed by atoms with Crippen molar-refractivity contribution in [2.24, 2.45) is 0 Å². The molecule has 0 saturated carbocycles. The Bertz CT molecular complexity index is 717. The number of carbonyl (C=O) groups excluding carboxylic acids is 2. The fourth-order valence-electron chi connectivity index (χ4n) is 2.14. The molecule has 132 valence electrons. The van der Waals surface area contributed by atoms with E-state index in [1.165, 1.54) is 13.3 Å². The summed E-state index contributed by atoms with van der Waals surface area (Å²) in [5.74, 6) is -0.179. The van der Waals surface area contributed by atoms with E-state index in [2.05, 4.69) is 15.6 Å². The van der Waals surface area contributed by atoms with E-state index >= 15 is 0 Å². The molecule has 2 rings (SSSR count). The molecule has 1 aromatic carbocycles. The minimum atomic E-state index is -0.510. The fourth-order valence-corrected chi connectivity index (χ4v) is 2.14. The summed E-state index contributed by atoms with van der Waals surface area (Å²) < 4.78 is 9.69. The smallest absolute Gasteiger partial charge is 0.339 e. The maximum absolute atomic E-state index is 12.3. The number of nitrogens with zero attached hydrogens (tertiary/aromatic N) is 1. The summed E-state index contributed by atoms with van der Waals surface area (Å²) in [5, 5.41) is 5.85. The highest BCUT2D eigenvalue weighted by Crippen LogP contribution is 2.17. The number of aromatic nitrogens is 1. The molecule has 1 aromatic heterocycles. The van der Waals surface area contributed by atoms with E-state index in [0.29, 0.717) is 29.2 Å². The summed E-state index contributed by atoms with van der Waals surface area (Å²) in [4.78, 5) is 28.3. The number of benzene rings is 1. The third kappa shape index (κ3) is 5.29. The van der Waals surface area contributed by atoms with Crippen molar-refractivity contribution < 1.29 is 19.1 Å². The van der Waals surface area contributed by atoms with Crippen LogP contribution in [0.3, 0.4) is 0 Å². The molecule has 25 heavy (non-hydrogen) atoms. The fraction of sp³-hybridized carbons (Fsp3) is 0.278. The van der Waals surface area contributed by atoms with Crippen LogP contribution in [0.2, 0.25) is 0 Å². The molecule has 0 aliphatic heterocycles. The number of amides is 1. The number of carbonyl (C=O) groups is 2. The van der Waals surface area contributed by atoms with Crippen LogP contribution in [0.5, 0.6) is 0 Å². The van der Waals surface area contributed by atoms with Gasteiger partial charge in [0.25, 0.3) is 5.91 Å². The van der Waals surface area contributed by atoms with E-state index in [4.69, 9.17) is 9.47 Å². The standard InChI is InChI=1S/C18H21N3O4/c1-24-11-5-10-19-16-9-8-13(12-20-16)17(22)21-15-7-4-3-6-14(15)18(23)25-2/h3-4,6-9,12H,5,10-11H2,1-2H3,(H,19,20)(H,21,22). The average Bonchev–Trinajstić information content (AvgIpc) is 2.65. The number of esters is 1. The van der Waals surface area contributed by atoms with Gasteiger partial charge in [0.1, 0.15) is 5.82 Å². The molecule has 0 bridgehead atoms. The molecule has 7 heteroatoms. The van der Waals surface area contributed by atoms with E-state index in [-0.39, 0.29) is 5.91 Å². The van der Waals surface area contributed by atoms with Crippen molar-refractivity contribution in [3.63, 3.8) is 0 Å². The van der Waals surface area contributed by atoms with Crippen LogP contribution in [0.4, 0.5) is 11.5 Å². The lowest BCUT2D eigenvalue weighted by molar-refractivity contribution is 0.0602. The van der Waals surface area contributed by atoms with Gasteiger partial charge in [-0.05, 0) is 30.7 Å². The maximum atomic E-state index is 12.3. The van der Waals surface area contributed by atoms with Crippen LogP contribution in [0.25, 0.3) is 0 Å². The van der Waals surface area contributed by atoms with Crippen LogP contribution < -0.4 is 10.6 Å². The summed E-state index contributed by atoms with van der Waals surface area (Å²) >= 11 is 0. The molecule has 0 saturated heterocycles. The van der Waals surface area contributed by atoms with Gasteiger partial charge in [-0.25, -0.2) is 9.78 Å². The van der Waals surface area contributed by atoms with Gasteiger partial charge in [0, 0.05) is 26.5 Å². The Morgan fingerprint density at radius 1 is 1.12 bits per heavy atom. The van der Waals surface area contributed by atoms with Crippen LogP contribution >= 0.6 is 0 Å². The molecule has 1 heterocycles. The summed E-state index contributed by atoms with van der Waals surface area (Å²) in [7, 11) is 2.95. The van der Waals surface area contributed by atoms with Crippen molar-refractivity contribution in [1.29, 1.82) is 0 Å². The monoisotopic (exact) mass is 343 g/mol. The van der Waals surface area contributed by atoms with E-state index in [9.17, 15) is 9.59 Å². The first kappa shape index (κ1) is 18.4. The zero-order valence-corrected chi connectivity index (χ0v) is 14.2. The van der Waals surface area contributed by atoms with Gasteiger partial charge in [-0.2, -0.15) is 0 Å². The number of methoxy groups -OCH3 is 2. The molecule has 2 N–H and O–H groups in total.